The molecule has 7 heteroatoms. The van der Waals surface area contributed by atoms with Gasteiger partial charge < -0.3 is 33.9 Å². The molecule has 2 aromatic rings. The number of rotatable bonds is 5. The average molecular weight is 362 g/mol. The summed E-state index contributed by atoms with van der Waals surface area (Å²) < 4.78 is 27.1. The highest BCUT2D eigenvalue weighted by molar-refractivity contribution is 5.63. The molecule has 2 N–H and O–H groups in total. The van der Waals surface area contributed by atoms with Gasteiger partial charge in [-0.3, -0.25) is 0 Å². The summed E-state index contributed by atoms with van der Waals surface area (Å²) >= 11 is 0. The Balaban J connectivity index is 2.06. The molecule has 0 aliphatic carbocycles. The van der Waals surface area contributed by atoms with E-state index in [9.17, 15) is 10.2 Å². The van der Waals surface area contributed by atoms with Crippen LogP contribution in [0.3, 0.4) is 0 Å². The van der Waals surface area contributed by atoms with Crippen LogP contribution in [0.25, 0.3) is 0 Å². The van der Waals surface area contributed by atoms with Crippen molar-refractivity contribution in [2.45, 2.75) is 18.9 Å². The van der Waals surface area contributed by atoms with Crippen molar-refractivity contribution in [1.82, 2.24) is 0 Å². The second-order valence-electron chi connectivity index (χ2n) is 5.83. The van der Waals surface area contributed by atoms with E-state index in [4.69, 9.17) is 23.7 Å². The summed E-state index contributed by atoms with van der Waals surface area (Å²) in [6, 6.07) is 5.22. The van der Waals surface area contributed by atoms with Gasteiger partial charge in [0.2, 0.25) is 17.2 Å². The number of hydrogen-bond donors (Lipinski definition) is 2. The molecule has 1 aliphatic heterocycles. The van der Waals surface area contributed by atoms with Gasteiger partial charge in [0.15, 0.2) is 23.0 Å². The van der Waals surface area contributed by atoms with Crippen molar-refractivity contribution in [3.05, 3.63) is 29.3 Å². The van der Waals surface area contributed by atoms with E-state index in [1.54, 1.807) is 12.1 Å². The Kier molecular flexibility index (Phi) is 4.88. The zero-order valence-electron chi connectivity index (χ0n) is 15.2. The van der Waals surface area contributed by atoms with Crippen LogP contribution in [0.5, 0.6) is 40.2 Å². The minimum absolute atomic E-state index is 0.0540. The lowest BCUT2D eigenvalue weighted by molar-refractivity contribution is 0.162. The van der Waals surface area contributed by atoms with Gasteiger partial charge in [0.1, 0.15) is 6.10 Å². The molecule has 0 amide bonds. The normalized spacial score (nSPS) is 15.6. The summed E-state index contributed by atoms with van der Waals surface area (Å²) in [4.78, 5) is 0. The van der Waals surface area contributed by atoms with E-state index in [0.29, 0.717) is 41.4 Å². The maximum atomic E-state index is 10.7. The third-order valence-corrected chi connectivity index (χ3v) is 4.51. The Morgan fingerprint density at radius 2 is 1.58 bits per heavy atom. The number of aromatic hydroxyl groups is 2. The molecule has 1 aliphatic rings. The molecule has 0 bridgehead atoms. The predicted molar refractivity (Wildman–Crippen MR) is 94.1 cm³/mol. The van der Waals surface area contributed by atoms with Crippen LogP contribution < -0.4 is 23.7 Å². The largest absolute Gasteiger partial charge is 0.504 e. The number of phenolic OH excluding ortho intramolecular Hbond substituents is 2. The van der Waals surface area contributed by atoms with Crippen LogP contribution in [0.1, 0.15) is 23.7 Å². The quantitative estimate of drug-likeness (QED) is 0.844. The van der Waals surface area contributed by atoms with Gasteiger partial charge in [-0.15, -0.1) is 0 Å². The SMILES string of the molecule is COc1ccc2c(c1O)O[C@H](c1cc(OC)c(OC)c(OC)c1O)CC2. The first-order valence-corrected chi connectivity index (χ1v) is 8.13. The Hall–Kier alpha value is -2.96. The molecule has 0 fully saturated rings. The third kappa shape index (κ3) is 2.79. The number of methoxy groups -OCH3 is 4. The van der Waals surface area contributed by atoms with Crippen molar-refractivity contribution in [2.75, 3.05) is 28.4 Å². The highest BCUT2D eigenvalue weighted by atomic mass is 16.5. The van der Waals surface area contributed by atoms with E-state index < -0.39 is 6.10 Å². The van der Waals surface area contributed by atoms with Gasteiger partial charge in [-0.2, -0.15) is 0 Å². The zero-order valence-corrected chi connectivity index (χ0v) is 15.2. The van der Waals surface area contributed by atoms with Crippen LogP contribution in [0, 0.1) is 0 Å². The predicted octanol–water partition coefficient (Wildman–Crippen LogP) is 3.20. The molecule has 26 heavy (non-hydrogen) atoms. The van der Waals surface area contributed by atoms with Crippen LogP contribution >= 0.6 is 0 Å². The lowest BCUT2D eigenvalue weighted by Gasteiger charge is -2.29. The van der Waals surface area contributed by atoms with Gasteiger partial charge in [0.25, 0.3) is 0 Å². The fraction of sp³-hybridized carbons (Fsp3) is 0.368. The van der Waals surface area contributed by atoms with Gasteiger partial charge in [0.05, 0.1) is 28.4 Å². The molecule has 2 aromatic carbocycles. The van der Waals surface area contributed by atoms with E-state index in [1.807, 2.05) is 6.07 Å². The molecule has 0 aromatic heterocycles. The Bertz CT molecular complexity index is 816. The monoisotopic (exact) mass is 362 g/mol. The summed E-state index contributed by atoms with van der Waals surface area (Å²) in [6.07, 6.45) is 0.799. The van der Waals surface area contributed by atoms with Gasteiger partial charge in [-0.05, 0) is 30.5 Å². The topological polar surface area (TPSA) is 86.6 Å². The molecule has 1 heterocycles. The van der Waals surface area contributed by atoms with E-state index in [1.165, 1.54) is 28.4 Å². The van der Waals surface area contributed by atoms with Gasteiger partial charge in [0, 0.05) is 5.56 Å². The van der Waals surface area contributed by atoms with Crippen molar-refractivity contribution < 1.29 is 33.9 Å². The Morgan fingerprint density at radius 3 is 2.19 bits per heavy atom. The first-order chi connectivity index (χ1) is 12.5. The van der Waals surface area contributed by atoms with E-state index in [2.05, 4.69) is 0 Å². The van der Waals surface area contributed by atoms with Crippen molar-refractivity contribution in [1.29, 1.82) is 0 Å². The lowest BCUT2D eigenvalue weighted by atomic mass is 9.95. The van der Waals surface area contributed by atoms with Crippen molar-refractivity contribution >= 4 is 0 Å². The number of fused-ring (bicyclic) bond motifs is 1. The maximum Gasteiger partial charge on any atom is 0.207 e. The Labute approximate surface area is 151 Å². The molecule has 0 radical (unpaired) electrons. The molecule has 0 spiro atoms. The highest BCUT2D eigenvalue weighted by Gasteiger charge is 2.31. The molecule has 140 valence electrons. The average Bonchev–Trinajstić information content (AvgIpc) is 2.67. The smallest absolute Gasteiger partial charge is 0.207 e. The summed E-state index contributed by atoms with van der Waals surface area (Å²) in [5, 5.41) is 21.0. The second kappa shape index (κ2) is 7.11. The fourth-order valence-electron chi connectivity index (χ4n) is 3.20. The lowest BCUT2D eigenvalue weighted by Crippen LogP contribution is -2.16. The standard InChI is InChI=1S/C19H22O7/c1-22-13-8-6-10-5-7-12(26-17(10)16(13)21)11-9-14(23-2)18(24-3)19(25-4)15(11)20/h6,8-9,12,20-21H,5,7H2,1-4H3/t12-/m0/s1. The summed E-state index contributed by atoms with van der Waals surface area (Å²) in [5.74, 6) is 1.44. The first-order valence-electron chi connectivity index (χ1n) is 8.13. The number of benzene rings is 2. The van der Waals surface area contributed by atoms with Crippen LogP contribution in [0.4, 0.5) is 0 Å². The van der Waals surface area contributed by atoms with Crippen LogP contribution in [0.15, 0.2) is 18.2 Å². The number of phenols is 2. The van der Waals surface area contributed by atoms with E-state index in [-0.39, 0.29) is 17.2 Å². The number of aryl methyl sites for hydroxylation is 1. The summed E-state index contributed by atoms with van der Waals surface area (Å²) in [7, 11) is 5.89. The molecule has 0 saturated heterocycles. The highest BCUT2D eigenvalue weighted by Crippen LogP contribution is 2.51. The van der Waals surface area contributed by atoms with Gasteiger partial charge in [-0.1, -0.05) is 6.07 Å². The zero-order chi connectivity index (χ0) is 18.8. The molecule has 7 nitrogen and oxygen atoms in total. The van der Waals surface area contributed by atoms with Gasteiger partial charge >= 0.3 is 0 Å². The third-order valence-electron chi connectivity index (χ3n) is 4.51. The van der Waals surface area contributed by atoms with Crippen molar-refractivity contribution in [2.24, 2.45) is 0 Å². The first kappa shape index (κ1) is 17.8. The molecule has 1 atom stereocenters. The fourth-order valence-corrected chi connectivity index (χ4v) is 3.20. The minimum Gasteiger partial charge on any atom is -0.504 e. The molecule has 3 rings (SSSR count). The summed E-state index contributed by atoms with van der Waals surface area (Å²) in [6.45, 7) is 0. The van der Waals surface area contributed by atoms with E-state index >= 15 is 0 Å². The molecule has 0 unspecified atom stereocenters. The van der Waals surface area contributed by atoms with Crippen LogP contribution in [0.2, 0.25) is 0 Å². The Morgan fingerprint density at radius 1 is 0.885 bits per heavy atom. The van der Waals surface area contributed by atoms with Gasteiger partial charge in [-0.25, -0.2) is 0 Å². The van der Waals surface area contributed by atoms with Crippen molar-refractivity contribution in [3.63, 3.8) is 0 Å². The van der Waals surface area contributed by atoms with Crippen molar-refractivity contribution in [3.8, 4) is 40.2 Å². The molecule has 0 saturated carbocycles. The summed E-state index contributed by atoms with van der Waals surface area (Å²) in [5.41, 5.74) is 1.37. The van der Waals surface area contributed by atoms with Crippen LogP contribution in [-0.2, 0) is 6.42 Å². The van der Waals surface area contributed by atoms with E-state index in [0.717, 1.165) is 5.56 Å². The second-order valence-corrected chi connectivity index (χ2v) is 5.83. The number of ether oxygens (including phenoxy) is 5. The van der Waals surface area contributed by atoms with Crippen LogP contribution in [-0.4, -0.2) is 38.7 Å². The minimum atomic E-state index is -0.491. The molecular formula is C19H22O7. The molecular weight excluding hydrogens is 340 g/mol. The number of hydrogen-bond acceptors (Lipinski definition) is 7. The maximum absolute atomic E-state index is 10.7.